The number of para-hydroxylation sites is 2. The molecule has 0 aliphatic rings. The summed E-state index contributed by atoms with van der Waals surface area (Å²) in [6.07, 6.45) is -0.288. The van der Waals surface area contributed by atoms with Crippen LogP contribution in [0.1, 0.15) is 25.0 Å². The van der Waals surface area contributed by atoms with E-state index in [0.29, 0.717) is 11.5 Å². The fourth-order valence-corrected chi connectivity index (χ4v) is 3.01. The smallest absolute Gasteiger partial charge is 0.393 e. The van der Waals surface area contributed by atoms with Gasteiger partial charge in [0, 0.05) is 0 Å². The molecule has 5 nitrogen and oxygen atoms in total. The summed E-state index contributed by atoms with van der Waals surface area (Å²) in [5, 5.41) is 0. The largest absolute Gasteiger partial charge is 0.615 e. The second kappa shape index (κ2) is 7.64. The third kappa shape index (κ3) is 5.10. The van der Waals surface area contributed by atoms with Crippen LogP contribution >= 0.6 is 7.82 Å². The third-order valence-electron chi connectivity index (χ3n) is 2.93. The highest BCUT2D eigenvalue weighted by Gasteiger charge is 2.34. The van der Waals surface area contributed by atoms with Crippen LogP contribution in [0.3, 0.4) is 0 Å². The second-order valence-corrected chi connectivity index (χ2v) is 6.79. The van der Waals surface area contributed by atoms with E-state index in [2.05, 4.69) is 0 Å². The molecule has 0 aliphatic carbocycles. The summed E-state index contributed by atoms with van der Waals surface area (Å²) in [6.45, 7) is 7.20. The molecule has 2 aromatic rings. The molecule has 0 aromatic heterocycles. The highest BCUT2D eigenvalue weighted by Crippen LogP contribution is 2.51. The molecule has 0 bridgehead atoms. The minimum atomic E-state index is -3.99. The zero-order valence-corrected chi connectivity index (χ0v) is 14.6. The van der Waals surface area contributed by atoms with Crippen LogP contribution in [0.2, 0.25) is 0 Å². The van der Waals surface area contributed by atoms with Crippen molar-refractivity contribution in [1.29, 1.82) is 0 Å². The molecule has 0 radical (unpaired) electrons. The van der Waals surface area contributed by atoms with Crippen molar-refractivity contribution in [3.63, 3.8) is 0 Å². The topological polar surface area (TPSA) is 54.0 Å². The summed E-state index contributed by atoms with van der Waals surface area (Å²) in [5.41, 5.74) is 1.63. The van der Waals surface area contributed by atoms with Gasteiger partial charge in [-0.1, -0.05) is 36.4 Å². The van der Waals surface area contributed by atoms with Gasteiger partial charge in [0.2, 0.25) is 0 Å². The molecule has 0 N–H and O–H groups in total. The number of aryl methyl sites for hydroxylation is 2. The van der Waals surface area contributed by atoms with E-state index in [9.17, 15) is 4.57 Å². The monoisotopic (exact) mass is 336 g/mol. The summed E-state index contributed by atoms with van der Waals surface area (Å²) < 4.78 is 29.0. The van der Waals surface area contributed by atoms with Gasteiger partial charge in [-0.3, -0.25) is 0 Å². The summed E-state index contributed by atoms with van der Waals surface area (Å²) in [7, 11) is -3.99. The van der Waals surface area contributed by atoms with Gasteiger partial charge in [0.15, 0.2) is 0 Å². The first-order chi connectivity index (χ1) is 10.9. The van der Waals surface area contributed by atoms with Crippen molar-refractivity contribution in [2.45, 2.75) is 33.8 Å². The number of rotatable bonds is 7. The molecule has 0 saturated heterocycles. The van der Waals surface area contributed by atoms with Crippen molar-refractivity contribution in [3.05, 3.63) is 59.7 Å². The summed E-state index contributed by atoms with van der Waals surface area (Å²) >= 11 is 0. The average Bonchev–Trinajstić information content (AvgIpc) is 2.50. The Morgan fingerprint density at radius 2 is 1.26 bits per heavy atom. The average molecular weight is 336 g/mol. The molecule has 23 heavy (non-hydrogen) atoms. The van der Waals surface area contributed by atoms with Gasteiger partial charge < -0.3 is 9.05 Å². The van der Waals surface area contributed by atoms with Crippen molar-refractivity contribution in [1.82, 2.24) is 0 Å². The maximum atomic E-state index is 13.0. The van der Waals surface area contributed by atoms with Gasteiger partial charge >= 0.3 is 7.82 Å². The fourth-order valence-electron chi connectivity index (χ4n) is 1.75. The molecule has 0 atom stereocenters. The van der Waals surface area contributed by atoms with Crippen LogP contribution in [-0.2, 0) is 14.1 Å². The molecule has 0 amide bonds. The van der Waals surface area contributed by atoms with E-state index in [-0.39, 0.29) is 6.10 Å². The van der Waals surface area contributed by atoms with E-state index in [1.54, 1.807) is 38.1 Å². The predicted octanol–water partition coefficient (Wildman–Crippen LogP) is 5.23. The van der Waals surface area contributed by atoms with Gasteiger partial charge in [0.25, 0.3) is 0 Å². The van der Waals surface area contributed by atoms with E-state index in [1.165, 1.54) is 0 Å². The quantitative estimate of drug-likeness (QED) is 0.394. The van der Waals surface area contributed by atoms with Gasteiger partial charge in [0.1, 0.15) is 11.5 Å². The van der Waals surface area contributed by atoms with Gasteiger partial charge in [-0.05, 0) is 51.0 Å². The minimum Gasteiger partial charge on any atom is -0.393 e. The first kappa shape index (κ1) is 17.5. The Labute approximate surface area is 136 Å². The molecule has 0 heterocycles. The van der Waals surface area contributed by atoms with E-state index >= 15 is 0 Å². The molecule has 0 fully saturated rings. The predicted molar refractivity (Wildman–Crippen MR) is 88.5 cm³/mol. The van der Waals surface area contributed by atoms with E-state index in [1.807, 2.05) is 38.1 Å². The molecule has 2 rings (SSSR count). The maximum absolute atomic E-state index is 13.0. The van der Waals surface area contributed by atoms with Crippen molar-refractivity contribution in [2.75, 3.05) is 0 Å². The third-order valence-corrected chi connectivity index (χ3v) is 4.04. The first-order valence-electron chi connectivity index (χ1n) is 7.35. The van der Waals surface area contributed by atoms with E-state index < -0.39 is 7.82 Å². The second-order valence-electron chi connectivity index (χ2n) is 5.38. The number of hydrogen-bond donors (Lipinski definition) is 0. The molecule has 0 saturated carbocycles. The number of phosphoric ester groups is 1. The van der Waals surface area contributed by atoms with Gasteiger partial charge in [-0.15, -0.1) is 4.67 Å². The van der Waals surface area contributed by atoms with Crippen molar-refractivity contribution < 1.29 is 23.2 Å². The van der Waals surface area contributed by atoms with Gasteiger partial charge in [-0.25, -0.2) is 9.45 Å². The number of phosphoric acid groups is 1. The lowest BCUT2D eigenvalue weighted by atomic mass is 10.2. The highest BCUT2D eigenvalue weighted by atomic mass is 31.2. The minimum absolute atomic E-state index is 0.288. The van der Waals surface area contributed by atoms with Crippen LogP contribution in [0.15, 0.2) is 48.5 Å². The van der Waals surface area contributed by atoms with Crippen molar-refractivity contribution in [3.8, 4) is 11.5 Å². The molecule has 2 aromatic carbocycles. The van der Waals surface area contributed by atoms with E-state index in [4.69, 9.17) is 18.6 Å². The Morgan fingerprint density at radius 1 is 0.826 bits per heavy atom. The lowest BCUT2D eigenvalue weighted by Crippen LogP contribution is -2.10. The molecule has 6 heteroatoms. The summed E-state index contributed by atoms with van der Waals surface area (Å²) in [4.78, 5) is 5.02. The van der Waals surface area contributed by atoms with Crippen LogP contribution < -0.4 is 9.05 Å². The Balaban J connectivity index is 2.27. The van der Waals surface area contributed by atoms with Crippen LogP contribution in [-0.4, -0.2) is 6.10 Å². The van der Waals surface area contributed by atoms with Gasteiger partial charge in [0.05, 0.1) is 6.10 Å². The normalized spacial score (nSPS) is 11.5. The van der Waals surface area contributed by atoms with Crippen LogP contribution in [0.25, 0.3) is 0 Å². The summed E-state index contributed by atoms with van der Waals surface area (Å²) in [5.74, 6) is 0.827. The molecule has 0 aliphatic heterocycles. The van der Waals surface area contributed by atoms with Crippen LogP contribution in [0.5, 0.6) is 11.5 Å². The van der Waals surface area contributed by atoms with Gasteiger partial charge in [-0.2, -0.15) is 0 Å². The fraction of sp³-hybridized carbons (Fsp3) is 0.294. The Morgan fingerprint density at radius 3 is 1.65 bits per heavy atom. The Hall–Kier alpha value is -1.81. The molecule has 0 spiro atoms. The van der Waals surface area contributed by atoms with Crippen molar-refractivity contribution in [2.24, 2.45) is 0 Å². The van der Waals surface area contributed by atoms with Crippen molar-refractivity contribution >= 4 is 7.82 Å². The SMILES string of the molecule is Cc1ccccc1OP(=O)(OOC(C)C)Oc1ccccc1C. The molecule has 124 valence electrons. The lowest BCUT2D eigenvalue weighted by Gasteiger charge is -2.20. The van der Waals surface area contributed by atoms with E-state index in [0.717, 1.165) is 11.1 Å². The maximum Gasteiger partial charge on any atom is 0.615 e. The molecular formula is C17H21O5P. The van der Waals surface area contributed by atoms with Crippen LogP contribution in [0, 0.1) is 13.8 Å². The highest BCUT2D eigenvalue weighted by molar-refractivity contribution is 7.49. The lowest BCUT2D eigenvalue weighted by molar-refractivity contribution is -0.246. The Bertz CT molecular complexity index is 647. The zero-order valence-electron chi connectivity index (χ0n) is 13.7. The number of benzene rings is 2. The standard InChI is InChI=1S/C17H21O5P/c1-13(2)19-22-23(18,20-16-11-7-5-9-14(16)3)21-17-12-8-6-10-15(17)4/h5-13H,1-4H3. The first-order valence-corrected chi connectivity index (χ1v) is 8.81. The molecule has 0 unspecified atom stereocenters. The number of hydrogen-bond acceptors (Lipinski definition) is 5. The zero-order chi connectivity index (χ0) is 16.9. The Kier molecular flexibility index (Phi) is 5.83. The van der Waals surface area contributed by atoms with Crippen LogP contribution in [0.4, 0.5) is 0 Å². The molecular weight excluding hydrogens is 315 g/mol. The summed E-state index contributed by atoms with van der Waals surface area (Å²) in [6, 6.07) is 14.4.